The summed E-state index contributed by atoms with van der Waals surface area (Å²) in [4.78, 5) is 40.2. The zero-order chi connectivity index (χ0) is 20.4. The van der Waals surface area contributed by atoms with Crippen molar-refractivity contribution in [3.05, 3.63) is 48.0 Å². The number of primary amides is 1. The molecule has 1 fully saturated rings. The number of nitrogens with two attached hydrogens (primary N) is 1. The lowest BCUT2D eigenvalue weighted by molar-refractivity contribution is -0.123. The highest BCUT2D eigenvalue weighted by Crippen LogP contribution is 2.30. The van der Waals surface area contributed by atoms with Crippen molar-refractivity contribution in [1.29, 1.82) is 0 Å². The molecule has 0 radical (unpaired) electrons. The minimum absolute atomic E-state index is 0.0844. The fourth-order valence-electron chi connectivity index (χ4n) is 2.86. The summed E-state index contributed by atoms with van der Waals surface area (Å²) in [6.45, 7) is 1.65. The quantitative estimate of drug-likeness (QED) is 0.787. The second-order valence-corrected chi connectivity index (χ2v) is 6.34. The summed E-state index contributed by atoms with van der Waals surface area (Å²) >= 11 is 0. The lowest BCUT2D eigenvalue weighted by atomic mass is 10.0. The van der Waals surface area contributed by atoms with E-state index in [2.05, 4.69) is 9.72 Å². The molecule has 0 saturated carbocycles. The highest BCUT2D eigenvalue weighted by Gasteiger charge is 2.37. The lowest BCUT2D eigenvalue weighted by Gasteiger charge is -2.16. The number of benzene rings is 1. The Morgan fingerprint density at radius 1 is 1.36 bits per heavy atom. The van der Waals surface area contributed by atoms with E-state index >= 15 is 0 Å². The van der Waals surface area contributed by atoms with Crippen molar-refractivity contribution < 1.29 is 28.2 Å². The first-order valence-electron chi connectivity index (χ1n) is 8.42. The van der Waals surface area contributed by atoms with Gasteiger partial charge < -0.3 is 15.2 Å². The van der Waals surface area contributed by atoms with Crippen molar-refractivity contribution in [2.45, 2.75) is 13.0 Å². The van der Waals surface area contributed by atoms with E-state index in [1.165, 1.54) is 42.6 Å². The van der Waals surface area contributed by atoms with Crippen LogP contribution in [-0.2, 0) is 14.3 Å². The Hall–Kier alpha value is -3.49. The van der Waals surface area contributed by atoms with E-state index < -0.39 is 35.8 Å². The van der Waals surface area contributed by atoms with Crippen molar-refractivity contribution in [3.63, 3.8) is 0 Å². The number of aromatic nitrogens is 1. The topological polar surface area (TPSA) is 112 Å². The molecule has 0 spiro atoms. The lowest BCUT2D eigenvalue weighted by Crippen LogP contribution is -2.34. The molecule has 1 unspecified atom stereocenters. The summed E-state index contributed by atoms with van der Waals surface area (Å²) in [6, 6.07) is 5.66. The second kappa shape index (κ2) is 7.63. The number of carbonyl (C=O) groups is 3. The fourth-order valence-corrected chi connectivity index (χ4v) is 2.86. The van der Waals surface area contributed by atoms with Crippen LogP contribution in [0.15, 0.2) is 36.7 Å². The van der Waals surface area contributed by atoms with Gasteiger partial charge in [-0.25, -0.2) is 14.0 Å². The van der Waals surface area contributed by atoms with Gasteiger partial charge in [0.25, 0.3) is 0 Å². The monoisotopic (exact) mass is 387 g/mol. The van der Waals surface area contributed by atoms with Gasteiger partial charge in [-0.05, 0) is 31.2 Å². The van der Waals surface area contributed by atoms with Gasteiger partial charge in [-0.2, -0.15) is 0 Å². The van der Waals surface area contributed by atoms with Crippen LogP contribution in [0.2, 0.25) is 0 Å². The average Bonchev–Trinajstić information content (AvgIpc) is 3.08. The average molecular weight is 387 g/mol. The molecule has 2 heterocycles. The third-order valence-electron chi connectivity index (χ3n) is 4.58. The Bertz CT molecular complexity index is 949. The van der Waals surface area contributed by atoms with Crippen LogP contribution in [0.3, 0.4) is 0 Å². The molecule has 0 bridgehead atoms. The summed E-state index contributed by atoms with van der Waals surface area (Å²) in [5, 5.41) is 0. The third-order valence-corrected chi connectivity index (χ3v) is 4.58. The van der Waals surface area contributed by atoms with Crippen LogP contribution in [-0.4, -0.2) is 42.7 Å². The molecule has 2 amide bonds. The first-order chi connectivity index (χ1) is 13.3. The number of cyclic esters (lactones) is 1. The number of halogens is 1. The van der Waals surface area contributed by atoms with Crippen LogP contribution in [0, 0.1) is 11.7 Å². The molecule has 1 aromatic carbocycles. The number of nitrogens with zero attached hydrogens (tertiary/aromatic N) is 2. The summed E-state index contributed by atoms with van der Waals surface area (Å²) in [6.07, 6.45) is 1.36. The highest BCUT2D eigenvalue weighted by atomic mass is 19.1. The number of pyridine rings is 1. The number of anilines is 1. The molecule has 0 aliphatic carbocycles. The minimum atomic E-state index is -0.700. The smallest absolute Gasteiger partial charge is 0.414 e. The molecular formula is C19H18FN3O5. The zero-order valence-corrected chi connectivity index (χ0v) is 15.2. The Morgan fingerprint density at radius 3 is 2.75 bits per heavy atom. The number of hydrogen-bond acceptors (Lipinski definition) is 6. The highest BCUT2D eigenvalue weighted by molar-refractivity contribution is 5.92. The van der Waals surface area contributed by atoms with Gasteiger partial charge in [0.15, 0.2) is 0 Å². The molecule has 146 valence electrons. The van der Waals surface area contributed by atoms with Gasteiger partial charge in [0.1, 0.15) is 11.9 Å². The summed E-state index contributed by atoms with van der Waals surface area (Å²) < 4.78 is 24.5. The molecule has 28 heavy (non-hydrogen) atoms. The van der Waals surface area contributed by atoms with Gasteiger partial charge in [-0.3, -0.25) is 14.7 Å². The Labute approximate surface area is 160 Å². The van der Waals surface area contributed by atoms with Crippen LogP contribution < -0.4 is 10.6 Å². The molecule has 2 aromatic rings. The van der Waals surface area contributed by atoms with Gasteiger partial charge in [0.05, 0.1) is 30.8 Å². The summed E-state index contributed by atoms with van der Waals surface area (Å²) in [5.74, 6) is -2.44. The summed E-state index contributed by atoms with van der Waals surface area (Å²) in [5.41, 5.74) is 6.31. The Kier molecular flexibility index (Phi) is 5.25. The van der Waals surface area contributed by atoms with Crippen molar-refractivity contribution >= 4 is 23.7 Å². The van der Waals surface area contributed by atoms with Crippen LogP contribution in [0.4, 0.5) is 14.9 Å². The van der Waals surface area contributed by atoms with Gasteiger partial charge in [0.2, 0.25) is 5.91 Å². The van der Waals surface area contributed by atoms with E-state index in [0.717, 1.165) is 0 Å². The van der Waals surface area contributed by atoms with E-state index in [1.807, 2.05) is 0 Å². The van der Waals surface area contributed by atoms with E-state index in [4.69, 9.17) is 10.5 Å². The molecule has 1 aliphatic rings. The molecule has 2 N–H and O–H groups in total. The molecular weight excluding hydrogens is 369 g/mol. The molecule has 3 rings (SSSR count). The van der Waals surface area contributed by atoms with Gasteiger partial charge in [0, 0.05) is 23.5 Å². The maximum atomic E-state index is 14.7. The number of rotatable bonds is 5. The van der Waals surface area contributed by atoms with E-state index in [1.54, 1.807) is 13.0 Å². The number of hydrogen-bond donors (Lipinski definition) is 1. The van der Waals surface area contributed by atoms with Crippen molar-refractivity contribution in [1.82, 2.24) is 4.98 Å². The van der Waals surface area contributed by atoms with Crippen molar-refractivity contribution in [2.75, 3.05) is 18.6 Å². The van der Waals surface area contributed by atoms with Gasteiger partial charge in [-0.15, -0.1) is 0 Å². The largest absolute Gasteiger partial charge is 0.465 e. The third kappa shape index (κ3) is 3.64. The fraction of sp³-hybridized carbons (Fsp3) is 0.263. The van der Waals surface area contributed by atoms with E-state index in [0.29, 0.717) is 5.56 Å². The molecule has 9 heteroatoms. The molecule has 1 aromatic heterocycles. The minimum Gasteiger partial charge on any atom is -0.465 e. The number of carbonyl (C=O) groups excluding carboxylic acids is 3. The SMILES string of the molecule is COC(=O)c1cncc(-c2ccc(N3CC([C@H](C)C(N)=O)OC3=O)cc2F)c1. The van der Waals surface area contributed by atoms with Crippen LogP contribution in [0.5, 0.6) is 0 Å². The first-order valence-corrected chi connectivity index (χ1v) is 8.42. The zero-order valence-electron chi connectivity index (χ0n) is 15.2. The van der Waals surface area contributed by atoms with Crippen LogP contribution >= 0.6 is 0 Å². The predicted octanol–water partition coefficient (Wildman–Crippen LogP) is 2.12. The normalized spacial score (nSPS) is 17.2. The first kappa shape index (κ1) is 19.3. The number of amides is 2. The second-order valence-electron chi connectivity index (χ2n) is 6.34. The molecule has 1 aliphatic heterocycles. The van der Waals surface area contributed by atoms with Gasteiger partial charge in [-0.1, -0.05) is 0 Å². The maximum Gasteiger partial charge on any atom is 0.414 e. The van der Waals surface area contributed by atoms with E-state index in [-0.39, 0.29) is 23.4 Å². The standard InChI is InChI=1S/C19H18FN3O5/c1-10(17(21)24)16-9-23(19(26)28-16)13-3-4-14(15(20)6-13)11-5-12(8-22-7-11)18(25)27-2/h3-8,10,16H,9H2,1-2H3,(H2,21,24)/t10-,16?/m0/s1. The van der Waals surface area contributed by atoms with Crippen molar-refractivity contribution in [3.8, 4) is 11.1 Å². The van der Waals surface area contributed by atoms with Crippen LogP contribution in [0.25, 0.3) is 11.1 Å². The summed E-state index contributed by atoms with van der Waals surface area (Å²) in [7, 11) is 1.24. The molecule has 2 atom stereocenters. The Balaban J connectivity index is 1.86. The number of esters is 1. The van der Waals surface area contributed by atoms with E-state index in [9.17, 15) is 18.8 Å². The Morgan fingerprint density at radius 2 is 2.11 bits per heavy atom. The van der Waals surface area contributed by atoms with Crippen LogP contribution in [0.1, 0.15) is 17.3 Å². The number of ether oxygens (including phenoxy) is 2. The van der Waals surface area contributed by atoms with Crippen molar-refractivity contribution in [2.24, 2.45) is 11.7 Å². The predicted molar refractivity (Wildman–Crippen MR) is 96.9 cm³/mol. The maximum absolute atomic E-state index is 14.7. The van der Waals surface area contributed by atoms with Gasteiger partial charge >= 0.3 is 12.1 Å². The molecule has 8 nitrogen and oxygen atoms in total. The number of methoxy groups -OCH3 is 1. The molecule has 1 saturated heterocycles.